The smallest absolute Gasteiger partial charge is 0.243 e. The van der Waals surface area contributed by atoms with Gasteiger partial charge in [0.05, 0.1) is 28.8 Å². The Morgan fingerprint density at radius 1 is 1.23 bits per heavy atom. The second kappa shape index (κ2) is 7.50. The van der Waals surface area contributed by atoms with Crippen LogP contribution in [0.2, 0.25) is 0 Å². The molecule has 6 nitrogen and oxygen atoms in total. The number of rotatable bonds is 4. The summed E-state index contributed by atoms with van der Waals surface area (Å²) in [5.74, 6) is 0.506. The molecule has 2 aromatic carbocycles. The molecule has 0 saturated carbocycles. The van der Waals surface area contributed by atoms with Crippen LogP contribution in [0.1, 0.15) is 5.56 Å². The van der Waals surface area contributed by atoms with Gasteiger partial charge in [-0.1, -0.05) is 12.1 Å². The molecule has 0 aromatic heterocycles. The summed E-state index contributed by atoms with van der Waals surface area (Å²) in [5, 5.41) is 8.82. The van der Waals surface area contributed by atoms with E-state index in [0.717, 1.165) is 20.6 Å². The van der Waals surface area contributed by atoms with E-state index in [0.29, 0.717) is 12.1 Å². The summed E-state index contributed by atoms with van der Waals surface area (Å²) in [7, 11) is -2.42. The average Bonchev–Trinajstić information content (AvgIpc) is 2.67. The fourth-order valence-electron chi connectivity index (χ4n) is 2.67. The molecule has 0 fully saturated rings. The zero-order valence-corrected chi connectivity index (χ0v) is 15.8. The van der Waals surface area contributed by atoms with Gasteiger partial charge in [0, 0.05) is 24.2 Å². The van der Waals surface area contributed by atoms with Crippen LogP contribution in [0.5, 0.6) is 0 Å². The molecular weight excluding hydrogens is 370 g/mol. The largest absolute Gasteiger partial charge is 0.309 e. The Hall–Kier alpha value is -2.34. The summed E-state index contributed by atoms with van der Waals surface area (Å²) in [6.45, 7) is 0.298. The third kappa shape index (κ3) is 3.60. The number of carbonyl (C=O) groups excluding carboxylic acids is 1. The van der Waals surface area contributed by atoms with Crippen molar-refractivity contribution in [1.82, 2.24) is 4.31 Å². The summed E-state index contributed by atoms with van der Waals surface area (Å²) in [6.07, 6.45) is 0. The number of fused-ring (bicyclic) bond motifs is 1. The van der Waals surface area contributed by atoms with Crippen molar-refractivity contribution >= 4 is 33.4 Å². The molecule has 1 aliphatic heterocycles. The standard InChI is InChI=1S/C18H17N3O3S2/c1-20(26(23,24)15-8-6-14(12-19)7-9-15)13-18(22)21-10-11-25-17-5-3-2-4-16(17)21/h2-9H,10-11,13H2,1H3. The highest BCUT2D eigenvalue weighted by atomic mass is 32.2. The number of nitriles is 1. The van der Waals surface area contributed by atoms with Crippen LogP contribution in [-0.4, -0.2) is 44.5 Å². The number of hydrogen-bond donors (Lipinski definition) is 0. The minimum absolute atomic E-state index is 0.0569. The van der Waals surface area contributed by atoms with Crippen molar-refractivity contribution in [3.05, 3.63) is 54.1 Å². The van der Waals surface area contributed by atoms with E-state index >= 15 is 0 Å². The number of hydrogen-bond acceptors (Lipinski definition) is 5. The maximum absolute atomic E-state index is 12.7. The van der Waals surface area contributed by atoms with Crippen LogP contribution in [0.3, 0.4) is 0 Å². The molecule has 3 rings (SSSR count). The molecule has 2 aromatic rings. The second-order valence-electron chi connectivity index (χ2n) is 5.76. The van der Waals surface area contributed by atoms with E-state index < -0.39 is 10.0 Å². The average molecular weight is 387 g/mol. The molecule has 134 valence electrons. The Bertz CT molecular complexity index is 966. The maximum Gasteiger partial charge on any atom is 0.243 e. The van der Waals surface area contributed by atoms with Crippen molar-refractivity contribution in [2.24, 2.45) is 0 Å². The van der Waals surface area contributed by atoms with E-state index in [9.17, 15) is 13.2 Å². The number of nitrogens with zero attached hydrogens (tertiary/aromatic N) is 3. The first-order chi connectivity index (χ1) is 12.4. The monoisotopic (exact) mass is 387 g/mol. The van der Waals surface area contributed by atoms with Crippen molar-refractivity contribution in [2.75, 3.05) is 30.8 Å². The Kier molecular flexibility index (Phi) is 5.32. The number of benzene rings is 2. The molecule has 0 atom stereocenters. The molecule has 8 heteroatoms. The molecule has 1 amide bonds. The van der Waals surface area contributed by atoms with Gasteiger partial charge in [-0.3, -0.25) is 4.79 Å². The van der Waals surface area contributed by atoms with E-state index in [-0.39, 0.29) is 17.3 Å². The van der Waals surface area contributed by atoms with E-state index in [2.05, 4.69) is 0 Å². The number of thioether (sulfide) groups is 1. The SMILES string of the molecule is CN(CC(=O)N1CCSc2ccccc21)S(=O)(=O)c1ccc(C#N)cc1. The van der Waals surface area contributed by atoms with Gasteiger partial charge in [0.1, 0.15) is 0 Å². The molecule has 0 bridgehead atoms. The van der Waals surface area contributed by atoms with Gasteiger partial charge < -0.3 is 4.90 Å². The van der Waals surface area contributed by atoms with Crippen LogP contribution in [0.4, 0.5) is 5.69 Å². The lowest BCUT2D eigenvalue weighted by molar-refractivity contribution is -0.118. The number of carbonyl (C=O) groups is 1. The highest BCUT2D eigenvalue weighted by molar-refractivity contribution is 7.99. The lowest BCUT2D eigenvalue weighted by Crippen LogP contribution is -2.43. The summed E-state index contributed by atoms with van der Waals surface area (Å²) >= 11 is 1.68. The van der Waals surface area contributed by atoms with E-state index in [1.54, 1.807) is 16.7 Å². The molecule has 1 heterocycles. The van der Waals surface area contributed by atoms with Crippen molar-refractivity contribution < 1.29 is 13.2 Å². The number of amides is 1. The van der Waals surface area contributed by atoms with Gasteiger partial charge in [0.15, 0.2) is 0 Å². The van der Waals surface area contributed by atoms with Gasteiger partial charge in [-0.2, -0.15) is 9.57 Å². The minimum Gasteiger partial charge on any atom is -0.309 e. The van der Waals surface area contributed by atoms with Gasteiger partial charge >= 0.3 is 0 Å². The van der Waals surface area contributed by atoms with Crippen LogP contribution in [0.15, 0.2) is 58.3 Å². The second-order valence-corrected chi connectivity index (χ2v) is 8.94. The Labute approximate surface area is 157 Å². The molecule has 26 heavy (non-hydrogen) atoms. The fourth-order valence-corrected chi connectivity index (χ4v) is 4.79. The van der Waals surface area contributed by atoms with Crippen molar-refractivity contribution in [3.8, 4) is 6.07 Å². The third-order valence-electron chi connectivity index (χ3n) is 4.08. The van der Waals surface area contributed by atoms with E-state index in [1.807, 2.05) is 30.3 Å². The van der Waals surface area contributed by atoms with Crippen LogP contribution in [-0.2, 0) is 14.8 Å². The number of anilines is 1. The van der Waals surface area contributed by atoms with Crippen LogP contribution in [0.25, 0.3) is 0 Å². The number of likely N-dealkylation sites (N-methyl/N-ethyl adjacent to an activating group) is 1. The summed E-state index contributed by atoms with van der Waals surface area (Å²) in [4.78, 5) is 15.4. The normalized spacial score (nSPS) is 14.0. The van der Waals surface area contributed by atoms with Gasteiger partial charge in [0.2, 0.25) is 15.9 Å². The predicted molar refractivity (Wildman–Crippen MR) is 100 cm³/mol. The summed E-state index contributed by atoms with van der Waals surface area (Å²) in [5.41, 5.74) is 1.20. The molecule has 0 unspecified atom stereocenters. The Morgan fingerprint density at radius 3 is 2.62 bits per heavy atom. The maximum atomic E-state index is 12.7. The van der Waals surface area contributed by atoms with Gasteiger partial charge in [-0.05, 0) is 36.4 Å². The van der Waals surface area contributed by atoms with E-state index in [1.165, 1.54) is 31.3 Å². The molecule has 0 spiro atoms. The molecule has 0 radical (unpaired) electrons. The third-order valence-corrected chi connectivity index (χ3v) is 6.94. The van der Waals surface area contributed by atoms with E-state index in [4.69, 9.17) is 5.26 Å². The predicted octanol–water partition coefficient (Wildman–Crippen LogP) is 2.32. The first-order valence-electron chi connectivity index (χ1n) is 7.92. The fraction of sp³-hybridized carbons (Fsp3) is 0.222. The zero-order chi connectivity index (χ0) is 18.7. The van der Waals surface area contributed by atoms with Crippen molar-refractivity contribution in [2.45, 2.75) is 9.79 Å². The minimum atomic E-state index is -3.80. The van der Waals surface area contributed by atoms with Crippen molar-refractivity contribution in [3.63, 3.8) is 0 Å². The lowest BCUT2D eigenvalue weighted by atomic mass is 10.2. The molecule has 0 aliphatic carbocycles. The van der Waals surface area contributed by atoms with Crippen LogP contribution < -0.4 is 4.90 Å². The molecule has 0 saturated heterocycles. The quantitative estimate of drug-likeness (QED) is 0.804. The highest BCUT2D eigenvalue weighted by Gasteiger charge is 2.28. The highest BCUT2D eigenvalue weighted by Crippen LogP contribution is 2.34. The lowest BCUT2D eigenvalue weighted by Gasteiger charge is -2.30. The summed E-state index contributed by atoms with van der Waals surface area (Å²) in [6, 6.07) is 15.2. The van der Waals surface area contributed by atoms with Crippen molar-refractivity contribution in [1.29, 1.82) is 5.26 Å². The topological polar surface area (TPSA) is 81.5 Å². The summed E-state index contributed by atoms with van der Waals surface area (Å²) < 4.78 is 26.4. The number of sulfonamides is 1. The number of para-hydroxylation sites is 1. The first kappa shape index (κ1) is 18.5. The van der Waals surface area contributed by atoms with Crippen LogP contribution in [0, 0.1) is 11.3 Å². The van der Waals surface area contributed by atoms with Gasteiger partial charge in [-0.15, -0.1) is 11.8 Å². The molecule has 0 N–H and O–H groups in total. The van der Waals surface area contributed by atoms with Crippen LogP contribution >= 0.6 is 11.8 Å². The first-order valence-corrected chi connectivity index (χ1v) is 10.3. The molecule has 1 aliphatic rings. The Morgan fingerprint density at radius 2 is 1.92 bits per heavy atom. The Balaban J connectivity index is 1.78. The molecular formula is C18H17N3O3S2. The van der Waals surface area contributed by atoms with Gasteiger partial charge in [-0.25, -0.2) is 8.42 Å². The van der Waals surface area contributed by atoms with Gasteiger partial charge in [0.25, 0.3) is 0 Å². The zero-order valence-electron chi connectivity index (χ0n) is 14.1.